The predicted molar refractivity (Wildman–Crippen MR) is 98.6 cm³/mol. The van der Waals surface area contributed by atoms with Crippen LogP contribution in [-0.4, -0.2) is 27.1 Å². The SMILES string of the molecule is O=C(N[C@@H]1c2ccccc2C[C@@H]1O)c1nc2sc3c(c2c(=O)[nH]1)CCC3. The van der Waals surface area contributed by atoms with Gasteiger partial charge in [-0.3, -0.25) is 9.59 Å². The molecule has 0 unspecified atom stereocenters. The zero-order valence-corrected chi connectivity index (χ0v) is 14.7. The van der Waals surface area contributed by atoms with Gasteiger partial charge in [0.2, 0.25) is 5.82 Å². The summed E-state index contributed by atoms with van der Waals surface area (Å²) in [6, 6.07) is 7.16. The Kier molecular flexibility index (Phi) is 3.48. The molecule has 0 saturated carbocycles. The maximum atomic E-state index is 12.7. The molecule has 6 nitrogen and oxygen atoms in total. The van der Waals surface area contributed by atoms with E-state index in [2.05, 4.69) is 15.3 Å². The summed E-state index contributed by atoms with van der Waals surface area (Å²) in [7, 11) is 0. The number of H-pyrrole nitrogens is 1. The molecule has 2 aromatic heterocycles. The molecule has 26 heavy (non-hydrogen) atoms. The van der Waals surface area contributed by atoms with Gasteiger partial charge in [0.05, 0.1) is 17.5 Å². The van der Waals surface area contributed by atoms with Gasteiger partial charge < -0.3 is 15.4 Å². The minimum Gasteiger partial charge on any atom is -0.390 e. The van der Waals surface area contributed by atoms with Crippen LogP contribution in [0.4, 0.5) is 0 Å². The minimum absolute atomic E-state index is 0.000922. The number of aryl methyl sites for hydroxylation is 2. The summed E-state index contributed by atoms with van der Waals surface area (Å²) in [5.74, 6) is -0.475. The number of nitrogens with zero attached hydrogens (tertiary/aromatic N) is 1. The molecule has 2 heterocycles. The lowest BCUT2D eigenvalue weighted by Crippen LogP contribution is -2.35. The maximum Gasteiger partial charge on any atom is 0.287 e. The van der Waals surface area contributed by atoms with Crippen molar-refractivity contribution in [3.05, 3.63) is 62.0 Å². The third kappa shape index (κ3) is 2.31. The molecular formula is C19H17N3O3S. The molecule has 3 aromatic rings. The average Bonchev–Trinajstić information content (AvgIpc) is 3.28. The Hall–Kier alpha value is -2.51. The third-order valence-corrected chi connectivity index (χ3v) is 6.47. The number of rotatable bonds is 2. The smallest absolute Gasteiger partial charge is 0.287 e. The van der Waals surface area contributed by atoms with Gasteiger partial charge in [-0.25, -0.2) is 4.98 Å². The zero-order valence-electron chi connectivity index (χ0n) is 13.9. The lowest BCUT2D eigenvalue weighted by molar-refractivity contribution is 0.0848. The minimum atomic E-state index is -0.683. The predicted octanol–water partition coefficient (Wildman–Crippen LogP) is 1.86. The highest BCUT2D eigenvalue weighted by Crippen LogP contribution is 2.35. The van der Waals surface area contributed by atoms with Gasteiger partial charge in [-0.15, -0.1) is 11.3 Å². The molecule has 1 amide bonds. The van der Waals surface area contributed by atoms with Gasteiger partial charge in [-0.2, -0.15) is 0 Å². The van der Waals surface area contributed by atoms with E-state index >= 15 is 0 Å². The van der Waals surface area contributed by atoms with Crippen molar-refractivity contribution in [1.82, 2.24) is 15.3 Å². The molecule has 0 radical (unpaired) electrons. The van der Waals surface area contributed by atoms with E-state index in [-0.39, 0.29) is 11.4 Å². The number of nitrogens with one attached hydrogen (secondary N) is 2. The highest BCUT2D eigenvalue weighted by atomic mass is 32.1. The van der Waals surface area contributed by atoms with Gasteiger partial charge in [0.15, 0.2) is 0 Å². The molecule has 0 spiro atoms. The summed E-state index contributed by atoms with van der Waals surface area (Å²) in [5.41, 5.74) is 2.77. The van der Waals surface area contributed by atoms with Crippen LogP contribution in [0.25, 0.3) is 10.2 Å². The van der Waals surface area contributed by atoms with E-state index in [1.165, 1.54) is 16.2 Å². The second kappa shape index (κ2) is 5.75. The number of amides is 1. The topological polar surface area (TPSA) is 95.1 Å². The number of aliphatic hydroxyl groups excluding tert-OH is 1. The Balaban J connectivity index is 1.49. The summed E-state index contributed by atoms with van der Waals surface area (Å²) < 4.78 is 0. The van der Waals surface area contributed by atoms with Gasteiger partial charge in [0, 0.05) is 11.3 Å². The van der Waals surface area contributed by atoms with E-state index in [0.717, 1.165) is 36.0 Å². The number of thiophene rings is 1. The quantitative estimate of drug-likeness (QED) is 0.644. The highest BCUT2D eigenvalue weighted by Gasteiger charge is 2.32. The molecule has 0 saturated heterocycles. The van der Waals surface area contributed by atoms with Gasteiger partial charge in [-0.1, -0.05) is 24.3 Å². The fourth-order valence-electron chi connectivity index (χ4n) is 4.07. The van der Waals surface area contributed by atoms with Crippen molar-refractivity contribution in [3.8, 4) is 0 Å². The number of benzene rings is 1. The molecule has 0 fully saturated rings. The van der Waals surface area contributed by atoms with Crippen LogP contribution in [0.15, 0.2) is 29.1 Å². The number of hydrogen-bond donors (Lipinski definition) is 3. The van der Waals surface area contributed by atoms with Crippen LogP contribution in [0.3, 0.4) is 0 Å². The summed E-state index contributed by atoms with van der Waals surface area (Å²) in [5, 5.41) is 13.8. The molecule has 1 aromatic carbocycles. The Morgan fingerprint density at radius 1 is 1.31 bits per heavy atom. The van der Waals surface area contributed by atoms with Crippen molar-refractivity contribution in [2.75, 3.05) is 0 Å². The Morgan fingerprint density at radius 2 is 2.15 bits per heavy atom. The van der Waals surface area contributed by atoms with Crippen molar-refractivity contribution >= 4 is 27.5 Å². The van der Waals surface area contributed by atoms with Crippen LogP contribution in [0.1, 0.15) is 44.6 Å². The number of aromatic nitrogens is 2. The number of carbonyl (C=O) groups is 1. The van der Waals surface area contributed by atoms with Crippen molar-refractivity contribution in [3.63, 3.8) is 0 Å². The van der Waals surface area contributed by atoms with Gasteiger partial charge >= 0.3 is 0 Å². The molecule has 0 aliphatic heterocycles. The van der Waals surface area contributed by atoms with E-state index in [4.69, 9.17) is 0 Å². The molecular weight excluding hydrogens is 350 g/mol. The lowest BCUT2D eigenvalue weighted by Gasteiger charge is -2.17. The summed E-state index contributed by atoms with van der Waals surface area (Å²) in [6.07, 6.45) is 2.76. The van der Waals surface area contributed by atoms with E-state index in [0.29, 0.717) is 16.6 Å². The second-order valence-electron chi connectivity index (χ2n) is 6.87. The first-order valence-corrected chi connectivity index (χ1v) is 9.55. The van der Waals surface area contributed by atoms with Crippen LogP contribution in [0.5, 0.6) is 0 Å². The molecule has 2 aliphatic carbocycles. The highest BCUT2D eigenvalue weighted by molar-refractivity contribution is 7.18. The van der Waals surface area contributed by atoms with Gasteiger partial charge in [0.25, 0.3) is 11.5 Å². The number of aromatic amines is 1. The lowest BCUT2D eigenvalue weighted by atomic mass is 10.1. The van der Waals surface area contributed by atoms with Crippen LogP contribution in [0.2, 0.25) is 0 Å². The van der Waals surface area contributed by atoms with E-state index < -0.39 is 18.1 Å². The summed E-state index contributed by atoms with van der Waals surface area (Å²) in [4.78, 5) is 34.0. The number of carbonyl (C=O) groups excluding carboxylic acids is 1. The van der Waals surface area contributed by atoms with Gasteiger partial charge in [0.1, 0.15) is 4.83 Å². The first-order chi connectivity index (χ1) is 12.6. The van der Waals surface area contributed by atoms with Crippen LogP contribution in [-0.2, 0) is 19.3 Å². The molecule has 7 heteroatoms. The van der Waals surface area contributed by atoms with Crippen molar-refractivity contribution in [2.24, 2.45) is 0 Å². The van der Waals surface area contributed by atoms with Gasteiger partial charge in [-0.05, 0) is 36.0 Å². The van der Waals surface area contributed by atoms with Crippen LogP contribution in [0, 0.1) is 0 Å². The molecule has 2 atom stereocenters. The standard InChI is InChI=1S/C19H17N3O3S/c23-12-8-9-4-1-2-5-10(9)15(12)20-18(25)16-21-17(24)14-11-6-3-7-13(11)26-19(14)22-16/h1-2,4-5,12,15,23H,3,6-8H2,(H,20,25)(H,21,22,24)/t12-,15+/m0/s1. The average molecular weight is 367 g/mol. The molecule has 132 valence electrons. The monoisotopic (exact) mass is 367 g/mol. The van der Waals surface area contributed by atoms with E-state index in [1.54, 1.807) is 0 Å². The van der Waals surface area contributed by atoms with Crippen molar-refractivity contribution in [1.29, 1.82) is 0 Å². The molecule has 0 bridgehead atoms. The first-order valence-electron chi connectivity index (χ1n) is 8.73. The molecule has 3 N–H and O–H groups in total. The normalized spacial score (nSPS) is 21.0. The first kappa shape index (κ1) is 15.7. The van der Waals surface area contributed by atoms with E-state index in [1.807, 2.05) is 24.3 Å². The van der Waals surface area contributed by atoms with E-state index in [9.17, 15) is 14.7 Å². The summed E-state index contributed by atoms with van der Waals surface area (Å²) >= 11 is 1.50. The fourth-order valence-corrected chi connectivity index (χ4v) is 5.33. The summed E-state index contributed by atoms with van der Waals surface area (Å²) in [6.45, 7) is 0. The zero-order chi connectivity index (χ0) is 17.8. The Bertz CT molecular complexity index is 1100. The number of fused-ring (bicyclic) bond motifs is 4. The van der Waals surface area contributed by atoms with Crippen molar-refractivity contribution in [2.45, 2.75) is 37.8 Å². The molecule has 5 rings (SSSR count). The van der Waals surface area contributed by atoms with Crippen LogP contribution >= 0.6 is 11.3 Å². The number of aliphatic hydroxyl groups is 1. The maximum absolute atomic E-state index is 12.7. The second-order valence-corrected chi connectivity index (χ2v) is 7.96. The number of hydrogen-bond acceptors (Lipinski definition) is 5. The van der Waals surface area contributed by atoms with Crippen LogP contribution < -0.4 is 10.9 Å². The Labute approximate surface area is 152 Å². The fraction of sp³-hybridized carbons (Fsp3) is 0.316. The third-order valence-electron chi connectivity index (χ3n) is 5.28. The van der Waals surface area contributed by atoms with Crippen molar-refractivity contribution < 1.29 is 9.90 Å². The largest absolute Gasteiger partial charge is 0.390 e. The Morgan fingerprint density at radius 3 is 3.04 bits per heavy atom. The molecule has 2 aliphatic rings.